The fourth-order valence-corrected chi connectivity index (χ4v) is 3.15. The van der Waals surface area contributed by atoms with E-state index < -0.39 is 0 Å². The first kappa shape index (κ1) is 13.1. The number of aromatic nitrogens is 2. The fraction of sp³-hybridized carbons (Fsp3) is 0.857. The molecule has 1 saturated heterocycles. The maximum Gasteiger partial charge on any atom is 0.230 e. The van der Waals surface area contributed by atoms with Gasteiger partial charge in [-0.2, -0.15) is 0 Å². The van der Waals surface area contributed by atoms with Gasteiger partial charge in [-0.05, 0) is 38.1 Å². The lowest BCUT2D eigenvalue weighted by Gasteiger charge is -2.38. The molecule has 1 aromatic rings. The Kier molecular flexibility index (Phi) is 3.84. The molecule has 0 bridgehead atoms. The highest BCUT2D eigenvalue weighted by Crippen LogP contribution is 2.35. The Morgan fingerprint density at radius 2 is 2.11 bits per heavy atom. The topological polar surface area (TPSA) is 62.4 Å². The predicted octanol–water partition coefficient (Wildman–Crippen LogP) is 1.93. The second kappa shape index (κ2) is 5.59. The molecule has 1 aromatic heterocycles. The Labute approximate surface area is 114 Å². The zero-order valence-corrected chi connectivity index (χ0v) is 11.6. The van der Waals surface area contributed by atoms with E-state index in [1.54, 1.807) is 0 Å². The first-order valence-electron chi connectivity index (χ1n) is 7.45. The van der Waals surface area contributed by atoms with E-state index in [1.807, 2.05) is 0 Å². The molecule has 1 aliphatic carbocycles. The average Bonchev–Trinajstić information content (AvgIpc) is 2.75. The summed E-state index contributed by atoms with van der Waals surface area (Å²) in [7, 11) is 0. The number of piperidine rings is 1. The molecule has 2 atom stereocenters. The number of aliphatic hydroxyl groups excluding tert-OH is 1. The number of likely N-dealkylation sites (tertiary alicyclic amines) is 1. The highest BCUT2D eigenvalue weighted by molar-refractivity contribution is 4.96. The zero-order valence-electron chi connectivity index (χ0n) is 11.6. The minimum Gasteiger partial charge on any atom is -0.424 e. The van der Waals surface area contributed by atoms with Gasteiger partial charge in [0, 0.05) is 12.0 Å². The van der Waals surface area contributed by atoms with E-state index in [0.29, 0.717) is 24.3 Å². The number of hydrogen-bond acceptors (Lipinski definition) is 5. The molecule has 106 valence electrons. The number of rotatable bonds is 4. The van der Waals surface area contributed by atoms with Crippen molar-refractivity contribution >= 4 is 0 Å². The Morgan fingerprint density at radius 3 is 2.79 bits per heavy atom. The molecule has 1 N–H and O–H groups in total. The Bertz CT molecular complexity index is 417. The molecule has 1 aliphatic heterocycles. The lowest BCUT2D eigenvalue weighted by Crippen LogP contribution is -2.46. The second-order valence-electron chi connectivity index (χ2n) is 6.00. The molecule has 3 rings (SSSR count). The molecule has 2 aliphatic rings. The van der Waals surface area contributed by atoms with Crippen molar-refractivity contribution < 1.29 is 9.52 Å². The average molecular weight is 265 g/mol. The molecular weight excluding hydrogens is 242 g/mol. The fourth-order valence-electron chi connectivity index (χ4n) is 3.15. The van der Waals surface area contributed by atoms with Crippen LogP contribution in [-0.4, -0.2) is 39.4 Å². The van der Waals surface area contributed by atoms with E-state index in [1.165, 1.54) is 32.1 Å². The Hall–Kier alpha value is -0.940. The van der Waals surface area contributed by atoms with Crippen LogP contribution in [0.5, 0.6) is 0 Å². The first-order chi connectivity index (χ1) is 9.28. The number of hydrogen-bond donors (Lipinski definition) is 1. The van der Waals surface area contributed by atoms with Gasteiger partial charge in [-0.3, -0.25) is 4.90 Å². The lowest BCUT2D eigenvalue weighted by molar-refractivity contribution is 0.0409. The minimum atomic E-state index is 0.213. The van der Waals surface area contributed by atoms with E-state index in [2.05, 4.69) is 22.0 Å². The number of nitrogens with zero attached hydrogens (tertiary/aromatic N) is 3. The van der Waals surface area contributed by atoms with Gasteiger partial charge < -0.3 is 9.52 Å². The number of aliphatic hydroxyl groups is 1. The van der Waals surface area contributed by atoms with Gasteiger partial charge in [0.1, 0.15) is 0 Å². The van der Waals surface area contributed by atoms with E-state index in [4.69, 9.17) is 4.42 Å². The molecule has 2 fully saturated rings. The van der Waals surface area contributed by atoms with Crippen LogP contribution in [0, 0.1) is 5.92 Å². The third-order valence-electron chi connectivity index (χ3n) is 4.69. The molecule has 0 radical (unpaired) electrons. The van der Waals surface area contributed by atoms with Gasteiger partial charge in [-0.15, -0.1) is 10.2 Å². The van der Waals surface area contributed by atoms with E-state index >= 15 is 0 Å². The summed E-state index contributed by atoms with van der Waals surface area (Å²) in [6.07, 6.45) is 6.02. The molecule has 2 unspecified atom stereocenters. The smallest absolute Gasteiger partial charge is 0.230 e. The van der Waals surface area contributed by atoms with Crippen LogP contribution in [0.3, 0.4) is 0 Å². The minimum absolute atomic E-state index is 0.213. The van der Waals surface area contributed by atoms with E-state index in [0.717, 1.165) is 12.4 Å². The van der Waals surface area contributed by atoms with Crippen LogP contribution in [0.25, 0.3) is 0 Å². The van der Waals surface area contributed by atoms with Crippen molar-refractivity contribution in [1.82, 2.24) is 15.1 Å². The maximum atomic E-state index is 9.54. The van der Waals surface area contributed by atoms with Crippen molar-refractivity contribution in [3.05, 3.63) is 11.8 Å². The Balaban J connectivity index is 1.64. The van der Waals surface area contributed by atoms with Gasteiger partial charge in [0.25, 0.3) is 0 Å². The van der Waals surface area contributed by atoms with Crippen LogP contribution in [0.2, 0.25) is 0 Å². The lowest BCUT2D eigenvalue weighted by atomic mass is 9.85. The standard InChI is InChI=1S/C14H23N3O2/c1-10-4-3-7-17(12(10)9-18)8-13-15-16-14(19-13)11-5-2-6-11/h10-12,18H,2-9H2,1H3. The SMILES string of the molecule is CC1CCCN(Cc2nnc(C3CCC3)o2)C1CO. The van der Waals surface area contributed by atoms with Gasteiger partial charge in [-0.25, -0.2) is 0 Å². The van der Waals surface area contributed by atoms with Gasteiger partial charge in [0.15, 0.2) is 0 Å². The largest absolute Gasteiger partial charge is 0.424 e. The van der Waals surface area contributed by atoms with Gasteiger partial charge >= 0.3 is 0 Å². The maximum absolute atomic E-state index is 9.54. The summed E-state index contributed by atoms with van der Waals surface area (Å²) in [4.78, 5) is 2.28. The summed E-state index contributed by atoms with van der Waals surface area (Å²) in [5, 5.41) is 17.9. The third-order valence-corrected chi connectivity index (χ3v) is 4.69. The molecular formula is C14H23N3O2. The van der Waals surface area contributed by atoms with Crippen LogP contribution < -0.4 is 0 Å². The van der Waals surface area contributed by atoms with Crippen molar-refractivity contribution in [2.24, 2.45) is 5.92 Å². The van der Waals surface area contributed by atoms with Gasteiger partial charge in [0.05, 0.1) is 13.2 Å². The van der Waals surface area contributed by atoms with Crippen molar-refractivity contribution in [3.8, 4) is 0 Å². The predicted molar refractivity (Wildman–Crippen MR) is 70.6 cm³/mol. The molecule has 0 spiro atoms. The van der Waals surface area contributed by atoms with Gasteiger partial charge in [0.2, 0.25) is 11.8 Å². The Morgan fingerprint density at radius 1 is 1.26 bits per heavy atom. The van der Waals surface area contributed by atoms with Crippen LogP contribution in [0.4, 0.5) is 0 Å². The van der Waals surface area contributed by atoms with E-state index in [-0.39, 0.29) is 12.6 Å². The molecule has 19 heavy (non-hydrogen) atoms. The zero-order chi connectivity index (χ0) is 13.2. The van der Waals surface area contributed by atoms with Crippen molar-refractivity contribution in [2.45, 2.75) is 57.5 Å². The van der Waals surface area contributed by atoms with Gasteiger partial charge in [-0.1, -0.05) is 13.3 Å². The quantitative estimate of drug-likeness (QED) is 0.901. The summed E-state index contributed by atoms with van der Waals surface area (Å²) in [6, 6.07) is 0.229. The third kappa shape index (κ3) is 2.67. The first-order valence-corrected chi connectivity index (χ1v) is 7.45. The van der Waals surface area contributed by atoms with Crippen LogP contribution in [0.1, 0.15) is 56.7 Å². The monoisotopic (exact) mass is 265 g/mol. The van der Waals surface area contributed by atoms with E-state index in [9.17, 15) is 5.11 Å². The second-order valence-corrected chi connectivity index (χ2v) is 6.00. The molecule has 1 saturated carbocycles. The highest BCUT2D eigenvalue weighted by Gasteiger charge is 2.30. The van der Waals surface area contributed by atoms with Crippen LogP contribution in [-0.2, 0) is 6.54 Å². The normalized spacial score (nSPS) is 29.4. The molecule has 0 aromatic carbocycles. The van der Waals surface area contributed by atoms with Crippen molar-refractivity contribution in [2.75, 3.05) is 13.2 Å². The summed E-state index contributed by atoms with van der Waals surface area (Å²) in [6.45, 7) is 4.11. The van der Waals surface area contributed by atoms with Crippen molar-refractivity contribution in [1.29, 1.82) is 0 Å². The summed E-state index contributed by atoms with van der Waals surface area (Å²) < 4.78 is 5.77. The van der Waals surface area contributed by atoms with Crippen molar-refractivity contribution in [3.63, 3.8) is 0 Å². The summed E-state index contributed by atoms with van der Waals surface area (Å²) in [5.41, 5.74) is 0. The van der Waals surface area contributed by atoms with Crippen LogP contribution >= 0.6 is 0 Å². The summed E-state index contributed by atoms with van der Waals surface area (Å²) >= 11 is 0. The highest BCUT2D eigenvalue weighted by atomic mass is 16.4. The molecule has 5 nitrogen and oxygen atoms in total. The summed E-state index contributed by atoms with van der Waals surface area (Å²) in [5.74, 6) is 2.55. The van der Waals surface area contributed by atoms with Crippen LogP contribution in [0.15, 0.2) is 4.42 Å². The molecule has 0 amide bonds. The molecule has 2 heterocycles. The molecule has 5 heteroatoms.